The van der Waals surface area contributed by atoms with E-state index < -0.39 is 0 Å². The lowest BCUT2D eigenvalue weighted by Gasteiger charge is -2.29. The van der Waals surface area contributed by atoms with Gasteiger partial charge >= 0.3 is 0 Å². The first-order valence-electron chi connectivity index (χ1n) is 9.72. The maximum atomic E-state index is 12.9. The molecule has 1 aromatic heterocycles. The van der Waals surface area contributed by atoms with Crippen molar-refractivity contribution in [1.82, 2.24) is 20.2 Å². The molecule has 0 saturated carbocycles. The zero-order chi connectivity index (χ0) is 19.5. The fourth-order valence-corrected chi connectivity index (χ4v) is 3.91. The van der Waals surface area contributed by atoms with Gasteiger partial charge in [-0.2, -0.15) is 0 Å². The van der Waals surface area contributed by atoms with Crippen molar-refractivity contribution < 1.29 is 14.3 Å². The van der Waals surface area contributed by atoms with E-state index >= 15 is 0 Å². The summed E-state index contributed by atoms with van der Waals surface area (Å²) in [5.41, 5.74) is 2.96. The number of benzene rings is 1. The number of fused-ring (bicyclic) bond motifs is 1. The number of hydrogen-bond donors (Lipinski definition) is 1. The lowest BCUT2D eigenvalue weighted by molar-refractivity contribution is -0.131. The highest BCUT2D eigenvalue weighted by Gasteiger charge is 2.25. The summed E-state index contributed by atoms with van der Waals surface area (Å²) >= 11 is 0. The topological polar surface area (TPSA) is 76.6 Å². The second-order valence-electron chi connectivity index (χ2n) is 7.31. The second kappa shape index (κ2) is 8.14. The number of carbonyl (C=O) groups excluding carboxylic acids is 1. The molecule has 1 N–H and O–H groups in total. The van der Waals surface area contributed by atoms with Crippen LogP contribution in [-0.2, 0) is 24.2 Å². The molecule has 3 heterocycles. The van der Waals surface area contributed by atoms with Crippen molar-refractivity contribution in [3.63, 3.8) is 0 Å². The molecule has 1 fully saturated rings. The van der Waals surface area contributed by atoms with Gasteiger partial charge in [0, 0.05) is 49.3 Å². The Morgan fingerprint density at radius 2 is 2.21 bits per heavy atom. The first-order valence-corrected chi connectivity index (χ1v) is 9.72. The Bertz CT molecular complexity index is 865. The van der Waals surface area contributed by atoms with Gasteiger partial charge in [0.2, 0.25) is 5.91 Å². The van der Waals surface area contributed by atoms with Gasteiger partial charge < -0.3 is 19.7 Å². The number of hydrogen-bond acceptors (Lipinski definition) is 6. The normalized spacial score (nSPS) is 18.6. The summed E-state index contributed by atoms with van der Waals surface area (Å²) in [6.45, 7) is 3.22. The number of amides is 1. The fraction of sp³-hybridized carbons (Fsp3) is 0.476. The molecule has 1 saturated heterocycles. The molecule has 1 aromatic carbocycles. The highest BCUT2D eigenvalue weighted by atomic mass is 16.5. The maximum Gasteiger partial charge on any atom is 0.227 e. The standard InChI is InChI=1S/C21H26N4O3/c1-27-17-3-4-19(28-2)15(9-17)10-20(26)25-8-6-18-16(13-25)12-23-21(24-18)14-5-7-22-11-14/h3-4,9,12,14,22H,5-8,10-11,13H2,1-2H3. The monoisotopic (exact) mass is 382 g/mol. The van der Waals surface area contributed by atoms with E-state index in [1.165, 1.54) is 0 Å². The summed E-state index contributed by atoms with van der Waals surface area (Å²) in [4.78, 5) is 24.2. The van der Waals surface area contributed by atoms with Crippen LogP contribution in [0.2, 0.25) is 0 Å². The SMILES string of the molecule is COc1ccc(OC)c(CC(=O)N2CCc3nc(C4CCNC4)ncc3C2)c1. The third-order valence-corrected chi connectivity index (χ3v) is 5.56. The average Bonchev–Trinajstić information content (AvgIpc) is 3.27. The van der Waals surface area contributed by atoms with Crippen LogP contribution in [0.25, 0.3) is 0 Å². The van der Waals surface area contributed by atoms with Crippen molar-refractivity contribution in [2.24, 2.45) is 0 Å². The van der Waals surface area contributed by atoms with Crippen LogP contribution in [0.3, 0.4) is 0 Å². The van der Waals surface area contributed by atoms with E-state index in [1.807, 2.05) is 29.3 Å². The van der Waals surface area contributed by atoms with E-state index in [4.69, 9.17) is 14.5 Å². The summed E-state index contributed by atoms with van der Waals surface area (Å²) in [6, 6.07) is 5.53. The largest absolute Gasteiger partial charge is 0.497 e. The van der Waals surface area contributed by atoms with E-state index in [2.05, 4.69) is 10.3 Å². The molecule has 28 heavy (non-hydrogen) atoms. The van der Waals surface area contributed by atoms with Gasteiger partial charge in [0.15, 0.2) is 0 Å². The fourth-order valence-electron chi connectivity index (χ4n) is 3.91. The van der Waals surface area contributed by atoms with Crippen LogP contribution in [0, 0.1) is 0 Å². The van der Waals surface area contributed by atoms with Crippen LogP contribution in [0.5, 0.6) is 11.5 Å². The molecule has 2 aliphatic rings. The van der Waals surface area contributed by atoms with Crippen LogP contribution in [0.15, 0.2) is 24.4 Å². The minimum atomic E-state index is 0.0706. The molecule has 0 spiro atoms. The van der Waals surface area contributed by atoms with Gasteiger partial charge in [-0.3, -0.25) is 4.79 Å². The Morgan fingerprint density at radius 1 is 1.32 bits per heavy atom. The summed E-state index contributed by atoms with van der Waals surface area (Å²) in [7, 11) is 3.23. The van der Waals surface area contributed by atoms with E-state index in [-0.39, 0.29) is 12.3 Å². The first kappa shape index (κ1) is 18.7. The minimum Gasteiger partial charge on any atom is -0.497 e. The van der Waals surface area contributed by atoms with Gasteiger partial charge in [0.1, 0.15) is 17.3 Å². The van der Waals surface area contributed by atoms with Crippen LogP contribution in [-0.4, -0.2) is 54.6 Å². The molecular formula is C21H26N4O3. The third-order valence-electron chi connectivity index (χ3n) is 5.56. The van der Waals surface area contributed by atoms with E-state index in [0.29, 0.717) is 24.8 Å². The highest BCUT2D eigenvalue weighted by Crippen LogP contribution is 2.26. The maximum absolute atomic E-state index is 12.9. The van der Waals surface area contributed by atoms with Crippen LogP contribution in [0.1, 0.15) is 35.0 Å². The molecule has 0 aliphatic carbocycles. The summed E-state index contributed by atoms with van der Waals surface area (Å²) in [5.74, 6) is 2.83. The number of ether oxygens (including phenoxy) is 2. The number of aromatic nitrogens is 2. The molecule has 7 nitrogen and oxygen atoms in total. The lowest BCUT2D eigenvalue weighted by atomic mass is 10.0. The molecular weight excluding hydrogens is 356 g/mol. The van der Waals surface area contributed by atoms with E-state index in [0.717, 1.165) is 54.3 Å². The summed E-state index contributed by atoms with van der Waals surface area (Å²) in [6.07, 6.45) is 4.04. The zero-order valence-corrected chi connectivity index (χ0v) is 16.4. The number of nitrogens with zero attached hydrogens (tertiary/aromatic N) is 3. The van der Waals surface area contributed by atoms with Crippen LogP contribution >= 0.6 is 0 Å². The Hall–Kier alpha value is -2.67. The molecule has 7 heteroatoms. The van der Waals surface area contributed by atoms with E-state index in [1.54, 1.807) is 14.2 Å². The molecule has 1 unspecified atom stereocenters. The van der Waals surface area contributed by atoms with Crippen molar-refractivity contribution in [2.45, 2.75) is 31.7 Å². The van der Waals surface area contributed by atoms with Crippen molar-refractivity contribution >= 4 is 5.91 Å². The Kier molecular flexibility index (Phi) is 5.43. The predicted molar refractivity (Wildman–Crippen MR) is 105 cm³/mol. The van der Waals surface area contributed by atoms with E-state index in [9.17, 15) is 4.79 Å². The third kappa shape index (κ3) is 3.80. The number of nitrogens with one attached hydrogen (secondary N) is 1. The number of methoxy groups -OCH3 is 2. The molecule has 2 aromatic rings. The Morgan fingerprint density at radius 3 is 2.96 bits per heavy atom. The molecule has 148 valence electrons. The molecule has 1 atom stereocenters. The van der Waals surface area contributed by atoms with Gasteiger partial charge in [-0.05, 0) is 31.2 Å². The molecule has 0 bridgehead atoms. The van der Waals surface area contributed by atoms with Gasteiger partial charge in [-0.15, -0.1) is 0 Å². The highest BCUT2D eigenvalue weighted by molar-refractivity contribution is 5.80. The van der Waals surface area contributed by atoms with Gasteiger partial charge in [-0.25, -0.2) is 9.97 Å². The Balaban J connectivity index is 1.46. The van der Waals surface area contributed by atoms with Crippen molar-refractivity contribution in [2.75, 3.05) is 33.9 Å². The van der Waals surface area contributed by atoms with Crippen LogP contribution < -0.4 is 14.8 Å². The molecule has 0 radical (unpaired) electrons. The quantitative estimate of drug-likeness (QED) is 0.848. The molecule has 1 amide bonds. The van der Waals surface area contributed by atoms with Gasteiger partial charge in [0.05, 0.1) is 26.3 Å². The smallest absolute Gasteiger partial charge is 0.227 e. The average molecular weight is 382 g/mol. The lowest BCUT2D eigenvalue weighted by Crippen LogP contribution is -2.37. The van der Waals surface area contributed by atoms with Gasteiger partial charge in [-0.1, -0.05) is 0 Å². The van der Waals surface area contributed by atoms with Crippen LogP contribution in [0.4, 0.5) is 0 Å². The minimum absolute atomic E-state index is 0.0706. The predicted octanol–water partition coefficient (Wildman–Crippen LogP) is 1.70. The molecule has 2 aliphatic heterocycles. The Labute approximate surface area is 165 Å². The van der Waals surface area contributed by atoms with Gasteiger partial charge in [0.25, 0.3) is 0 Å². The molecule has 4 rings (SSSR count). The summed E-state index contributed by atoms with van der Waals surface area (Å²) in [5, 5.41) is 3.36. The number of rotatable bonds is 5. The van der Waals surface area contributed by atoms with Crippen molar-refractivity contribution in [3.05, 3.63) is 47.0 Å². The van der Waals surface area contributed by atoms with Crippen molar-refractivity contribution in [1.29, 1.82) is 0 Å². The first-order chi connectivity index (χ1) is 13.7. The summed E-state index contributed by atoms with van der Waals surface area (Å²) < 4.78 is 10.7. The van der Waals surface area contributed by atoms with Crippen molar-refractivity contribution in [3.8, 4) is 11.5 Å². The number of carbonyl (C=O) groups is 1. The zero-order valence-electron chi connectivity index (χ0n) is 16.4. The second-order valence-corrected chi connectivity index (χ2v) is 7.31.